The van der Waals surface area contributed by atoms with Crippen molar-refractivity contribution in [1.29, 1.82) is 5.26 Å². The third-order valence-electron chi connectivity index (χ3n) is 7.31. The Morgan fingerprint density at radius 1 is 1.16 bits per heavy atom. The van der Waals surface area contributed by atoms with Gasteiger partial charge in [0.1, 0.15) is 16.8 Å². The SMILES string of the molecule is CC(C)Oc1ccc(-c2cc(C(=O)Nc3sc4c(c3C#N)CC[C@@H](C(C)(C)C)C4)c3ccccc3n2)cc1. The van der Waals surface area contributed by atoms with Crippen LogP contribution < -0.4 is 10.1 Å². The van der Waals surface area contributed by atoms with E-state index in [2.05, 4.69) is 32.2 Å². The Labute approximate surface area is 228 Å². The molecule has 1 atom stereocenters. The monoisotopic (exact) mass is 523 g/mol. The summed E-state index contributed by atoms with van der Waals surface area (Å²) in [6.45, 7) is 10.8. The number of para-hydroxylation sites is 1. The normalized spacial score (nSPS) is 15.2. The maximum atomic E-state index is 13.7. The standard InChI is InChI=1S/C32H33N3O2S/c1-19(2)37-22-13-10-20(11-14-22)28-17-25(23-8-6-7-9-27(23)34-28)30(36)35-31-26(18-33)24-15-12-21(32(3,4)5)16-29(24)38-31/h6-11,13-14,17,19,21H,12,15-16H2,1-5H3,(H,35,36)/t21-/m1/s1. The van der Waals surface area contributed by atoms with Crippen LogP contribution in [0.25, 0.3) is 22.2 Å². The molecule has 0 spiro atoms. The first kappa shape index (κ1) is 25.9. The van der Waals surface area contributed by atoms with E-state index in [0.29, 0.717) is 27.7 Å². The van der Waals surface area contributed by atoms with E-state index in [0.717, 1.165) is 47.0 Å². The quantitative estimate of drug-likeness (QED) is 0.287. The lowest BCUT2D eigenvalue weighted by Crippen LogP contribution is -2.26. The Hall–Kier alpha value is -3.69. The van der Waals surface area contributed by atoms with Gasteiger partial charge in [-0.25, -0.2) is 4.98 Å². The molecule has 2 aromatic heterocycles. The maximum Gasteiger partial charge on any atom is 0.257 e. The number of rotatable bonds is 5. The summed E-state index contributed by atoms with van der Waals surface area (Å²) in [6, 6.07) is 19.7. The van der Waals surface area contributed by atoms with Crippen LogP contribution in [-0.4, -0.2) is 17.0 Å². The molecule has 1 aliphatic rings. The zero-order valence-electron chi connectivity index (χ0n) is 22.6. The van der Waals surface area contributed by atoms with Gasteiger partial charge < -0.3 is 10.1 Å². The van der Waals surface area contributed by atoms with Crippen LogP contribution in [0.2, 0.25) is 0 Å². The highest BCUT2D eigenvalue weighted by atomic mass is 32.1. The molecule has 6 heteroatoms. The second-order valence-electron chi connectivity index (χ2n) is 11.3. The van der Waals surface area contributed by atoms with Gasteiger partial charge in [0.2, 0.25) is 0 Å². The number of hydrogen-bond acceptors (Lipinski definition) is 5. The van der Waals surface area contributed by atoms with Crippen molar-refractivity contribution < 1.29 is 9.53 Å². The van der Waals surface area contributed by atoms with Crippen molar-refractivity contribution in [3.8, 4) is 23.1 Å². The van der Waals surface area contributed by atoms with E-state index < -0.39 is 0 Å². The number of nitriles is 1. The maximum absolute atomic E-state index is 13.7. The molecule has 0 bridgehead atoms. The molecule has 0 aliphatic heterocycles. The lowest BCUT2D eigenvalue weighted by molar-refractivity contribution is 0.102. The first-order valence-corrected chi connectivity index (χ1v) is 14.0. The predicted octanol–water partition coefficient (Wildman–Crippen LogP) is 8.03. The zero-order chi connectivity index (χ0) is 27.0. The topological polar surface area (TPSA) is 75.0 Å². The van der Waals surface area contributed by atoms with E-state index >= 15 is 0 Å². The lowest BCUT2D eigenvalue weighted by atomic mass is 9.72. The summed E-state index contributed by atoms with van der Waals surface area (Å²) in [5.41, 5.74) is 4.83. The number of amides is 1. The van der Waals surface area contributed by atoms with E-state index in [9.17, 15) is 10.1 Å². The number of nitrogens with one attached hydrogen (secondary N) is 1. The lowest BCUT2D eigenvalue weighted by Gasteiger charge is -2.33. The van der Waals surface area contributed by atoms with Crippen LogP contribution in [0.3, 0.4) is 0 Å². The summed E-state index contributed by atoms with van der Waals surface area (Å²) in [6.07, 6.45) is 2.99. The number of benzene rings is 2. The highest BCUT2D eigenvalue weighted by Gasteiger charge is 2.32. The summed E-state index contributed by atoms with van der Waals surface area (Å²) in [5.74, 6) is 1.13. The van der Waals surface area contributed by atoms with E-state index in [1.807, 2.05) is 68.4 Å². The minimum atomic E-state index is -0.230. The number of nitrogens with zero attached hydrogens (tertiary/aromatic N) is 2. The van der Waals surface area contributed by atoms with E-state index in [-0.39, 0.29) is 17.4 Å². The fourth-order valence-electron chi connectivity index (χ4n) is 5.19. The van der Waals surface area contributed by atoms with Gasteiger partial charge >= 0.3 is 0 Å². The van der Waals surface area contributed by atoms with E-state index in [1.54, 1.807) is 11.3 Å². The summed E-state index contributed by atoms with van der Waals surface area (Å²) in [4.78, 5) is 19.8. The van der Waals surface area contributed by atoms with E-state index in [4.69, 9.17) is 9.72 Å². The second-order valence-corrected chi connectivity index (χ2v) is 12.4. The van der Waals surface area contributed by atoms with Gasteiger partial charge in [0, 0.05) is 15.8 Å². The average Bonchev–Trinajstić information content (AvgIpc) is 3.23. The molecule has 0 radical (unpaired) electrons. The van der Waals surface area contributed by atoms with Crippen molar-refractivity contribution in [3.63, 3.8) is 0 Å². The van der Waals surface area contributed by atoms with Crippen LogP contribution in [-0.2, 0) is 12.8 Å². The van der Waals surface area contributed by atoms with Crippen LogP contribution in [0.4, 0.5) is 5.00 Å². The van der Waals surface area contributed by atoms with Gasteiger partial charge in [0.05, 0.1) is 28.4 Å². The Bertz CT molecular complexity index is 1540. The summed E-state index contributed by atoms with van der Waals surface area (Å²) >= 11 is 1.56. The smallest absolute Gasteiger partial charge is 0.257 e. The van der Waals surface area contributed by atoms with Gasteiger partial charge in [-0.15, -0.1) is 11.3 Å². The molecule has 5 rings (SSSR count). The predicted molar refractivity (Wildman–Crippen MR) is 155 cm³/mol. The van der Waals surface area contributed by atoms with Crippen molar-refractivity contribution in [2.45, 2.75) is 60.0 Å². The third kappa shape index (κ3) is 5.16. The second kappa shape index (κ2) is 10.2. The molecule has 2 heterocycles. The minimum absolute atomic E-state index is 0.0931. The molecular formula is C32H33N3O2S. The first-order valence-electron chi connectivity index (χ1n) is 13.2. The molecule has 194 valence electrons. The number of hydrogen-bond donors (Lipinski definition) is 1. The summed E-state index contributed by atoms with van der Waals surface area (Å²) in [5, 5.41) is 14.5. The molecule has 0 saturated heterocycles. The van der Waals surface area contributed by atoms with Gasteiger partial charge in [-0.2, -0.15) is 5.26 Å². The number of ether oxygens (including phenoxy) is 1. The van der Waals surface area contributed by atoms with Crippen LogP contribution in [0, 0.1) is 22.7 Å². The first-order chi connectivity index (χ1) is 18.1. The van der Waals surface area contributed by atoms with Gasteiger partial charge in [-0.05, 0) is 86.4 Å². The number of fused-ring (bicyclic) bond motifs is 2. The number of anilines is 1. The van der Waals surface area contributed by atoms with Gasteiger partial charge in [0.15, 0.2) is 0 Å². The third-order valence-corrected chi connectivity index (χ3v) is 8.48. The molecule has 1 N–H and O–H groups in total. The molecule has 5 nitrogen and oxygen atoms in total. The molecule has 4 aromatic rings. The van der Waals surface area contributed by atoms with Crippen molar-refractivity contribution in [2.24, 2.45) is 11.3 Å². The average molecular weight is 524 g/mol. The van der Waals surface area contributed by atoms with E-state index in [1.165, 1.54) is 4.88 Å². The number of aromatic nitrogens is 1. The fraction of sp³-hybridized carbons (Fsp3) is 0.344. The van der Waals surface area contributed by atoms with Crippen molar-refractivity contribution in [3.05, 3.63) is 76.2 Å². The minimum Gasteiger partial charge on any atom is -0.491 e. The highest BCUT2D eigenvalue weighted by molar-refractivity contribution is 7.16. The Kier molecular flexibility index (Phi) is 6.98. The fourth-order valence-corrected chi connectivity index (χ4v) is 6.46. The highest BCUT2D eigenvalue weighted by Crippen LogP contribution is 2.44. The van der Waals surface area contributed by atoms with Gasteiger partial charge in [-0.3, -0.25) is 4.79 Å². The van der Waals surface area contributed by atoms with Crippen LogP contribution in [0.15, 0.2) is 54.6 Å². The molecule has 0 fully saturated rings. The number of pyridine rings is 1. The Morgan fingerprint density at radius 2 is 1.89 bits per heavy atom. The summed E-state index contributed by atoms with van der Waals surface area (Å²) < 4.78 is 5.78. The number of carbonyl (C=O) groups is 1. The van der Waals surface area contributed by atoms with Crippen molar-refractivity contribution in [1.82, 2.24) is 4.98 Å². The molecule has 38 heavy (non-hydrogen) atoms. The van der Waals surface area contributed by atoms with Gasteiger partial charge in [0.25, 0.3) is 5.91 Å². The van der Waals surface area contributed by atoms with Crippen LogP contribution in [0.5, 0.6) is 5.75 Å². The molecule has 1 aliphatic carbocycles. The number of thiophene rings is 1. The summed E-state index contributed by atoms with van der Waals surface area (Å²) in [7, 11) is 0. The molecule has 0 unspecified atom stereocenters. The molecule has 0 saturated carbocycles. The largest absolute Gasteiger partial charge is 0.491 e. The van der Waals surface area contributed by atoms with Crippen molar-refractivity contribution in [2.75, 3.05) is 5.32 Å². The Morgan fingerprint density at radius 3 is 2.58 bits per heavy atom. The van der Waals surface area contributed by atoms with Crippen LogP contribution >= 0.6 is 11.3 Å². The van der Waals surface area contributed by atoms with Crippen LogP contribution in [0.1, 0.15) is 67.4 Å². The zero-order valence-corrected chi connectivity index (χ0v) is 23.4. The Balaban J connectivity index is 1.49. The number of carbonyl (C=O) groups excluding carboxylic acids is 1. The van der Waals surface area contributed by atoms with Gasteiger partial charge in [-0.1, -0.05) is 39.0 Å². The molecular weight excluding hydrogens is 490 g/mol. The molecule has 1 amide bonds. The molecule has 2 aromatic carbocycles. The van der Waals surface area contributed by atoms with Crippen molar-refractivity contribution >= 4 is 33.1 Å².